The number of likely N-dealkylation sites (tertiary alicyclic amines) is 1. The average molecular weight is 202 g/mol. The Morgan fingerprint density at radius 3 is 2.43 bits per heavy atom. The topological polar surface area (TPSA) is 63.4 Å². The molecular formula is C10H22N2O2. The van der Waals surface area contributed by atoms with Gasteiger partial charge in [-0.1, -0.05) is 20.8 Å². The molecule has 0 aliphatic carbocycles. The van der Waals surface area contributed by atoms with Crippen molar-refractivity contribution >= 4 is 11.8 Å². The van der Waals surface area contributed by atoms with Crippen LogP contribution >= 0.6 is 0 Å². The van der Waals surface area contributed by atoms with Crippen molar-refractivity contribution in [2.24, 2.45) is 11.7 Å². The number of imide groups is 1. The quantitative estimate of drug-likeness (QED) is 0.694. The van der Waals surface area contributed by atoms with Gasteiger partial charge in [-0.3, -0.25) is 14.5 Å². The smallest absolute Gasteiger partial charge is 0.232 e. The maximum Gasteiger partial charge on any atom is 0.232 e. The van der Waals surface area contributed by atoms with E-state index in [9.17, 15) is 9.59 Å². The maximum absolute atomic E-state index is 11.4. The summed E-state index contributed by atoms with van der Waals surface area (Å²) in [5, 5.41) is 0. The lowest BCUT2D eigenvalue weighted by Crippen LogP contribution is -2.35. The van der Waals surface area contributed by atoms with Crippen LogP contribution in [0.1, 0.15) is 35.0 Å². The summed E-state index contributed by atoms with van der Waals surface area (Å²) < 4.78 is 0. The van der Waals surface area contributed by atoms with Crippen LogP contribution in [0.15, 0.2) is 0 Å². The number of rotatable bonds is 3. The second kappa shape index (κ2) is 6.54. The maximum atomic E-state index is 11.4. The molecule has 84 valence electrons. The number of nitrogens with two attached hydrogens (primary N) is 1. The van der Waals surface area contributed by atoms with Crippen LogP contribution in [0, 0.1) is 5.92 Å². The van der Waals surface area contributed by atoms with Gasteiger partial charge in [0.1, 0.15) is 0 Å². The van der Waals surface area contributed by atoms with Crippen molar-refractivity contribution in [3.63, 3.8) is 0 Å². The predicted molar refractivity (Wildman–Crippen MR) is 57.6 cm³/mol. The van der Waals surface area contributed by atoms with E-state index in [4.69, 9.17) is 5.73 Å². The first-order valence-electron chi connectivity index (χ1n) is 5.25. The summed E-state index contributed by atoms with van der Waals surface area (Å²) in [6, 6.07) is 0. The highest BCUT2D eigenvalue weighted by Gasteiger charge is 2.36. The van der Waals surface area contributed by atoms with Crippen molar-refractivity contribution in [2.75, 3.05) is 13.1 Å². The van der Waals surface area contributed by atoms with Crippen molar-refractivity contribution in [1.29, 1.82) is 0 Å². The Morgan fingerprint density at radius 1 is 1.50 bits per heavy atom. The molecule has 0 bridgehead atoms. The molecule has 4 nitrogen and oxygen atoms in total. The van der Waals surface area contributed by atoms with Crippen LogP contribution in [0.5, 0.6) is 0 Å². The number of carbonyl (C=O) groups excluding carboxylic acids is 2. The van der Waals surface area contributed by atoms with Crippen molar-refractivity contribution in [3.05, 3.63) is 0 Å². The Hall–Kier alpha value is -0.900. The van der Waals surface area contributed by atoms with Crippen molar-refractivity contribution in [3.8, 4) is 0 Å². The Morgan fingerprint density at radius 2 is 2.07 bits per heavy atom. The van der Waals surface area contributed by atoms with Crippen LogP contribution in [0.4, 0.5) is 0 Å². The fraction of sp³-hybridized carbons (Fsp3) is 0.800. The van der Waals surface area contributed by atoms with Gasteiger partial charge in [0.15, 0.2) is 0 Å². The van der Waals surface area contributed by atoms with E-state index in [2.05, 4.69) is 0 Å². The third kappa shape index (κ3) is 2.80. The molecule has 14 heavy (non-hydrogen) atoms. The van der Waals surface area contributed by atoms with Gasteiger partial charge in [-0.2, -0.15) is 0 Å². The predicted octanol–water partition coefficient (Wildman–Crippen LogP) is 1.00. The van der Waals surface area contributed by atoms with Crippen LogP contribution in [0.25, 0.3) is 0 Å². The van der Waals surface area contributed by atoms with Gasteiger partial charge in [0.25, 0.3) is 0 Å². The molecule has 0 aromatic carbocycles. The third-order valence-electron chi connectivity index (χ3n) is 2.18. The largest absolute Gasteiger partial charge is 0.329 e. The monoisotopic (exact) mass is 202 g/mol. The van der Waals surface area contributed by atoms with Crippen molar-refractivity contribution in [1.82, 2.24) is 4.90 Å². The first-order chi connectivity index (χ1) is 6.70. The lowest BCUT2D eigenvalue weighted by atomic mass is 10.1. The highest BCUT2D eigenvalue weighted by atomic mass is 16.2. The van der Waals surface area contributed by atoms with Gasteiger partial charge in [-0.05, 0) is 6.42 Å². The number of hydrogen-bond donors (Lipinski definition) is 1. The zero-order valence-corrected chi connectivity index (χ0v) is 9.25. The lowest BCUT2D eigenvalue weighted by Gasteiger charge is -2.12. The van der Waals surface area contributed by atoms with Gasteiger partial charge in [-0.25, -0.2) is 0 Å². The molecule has 0 spiro atoms. The van der Waals surface area contributed by atoms with E-state index in [0.717, 1.165) is 6.42 Å². The third-order valence-corrected chi connectivity index (χ3v) is 2.18. The molecule has 0 aromatic heterocycles. The van der Waals surface area contributed by atoms with Crippen LogP contribution in [0.2, 0.25) is 0 Å². The van der Waals surface area contributed by atoms with E-state index < -0.39 is 0 Å². The molecule has 0 saturated carbocycles. The molecule has 2 amide bonds. The molecule has 1 aliphatic heterocycles. The zero-order valence-electron chi connectivity index (χ0n) is 9.25. The summed E-state index contributed by atoms with van der Waals surface area (Å²) in [4.78, 5) is 23.9. The molecule has 1 saturated heterocycles. The van der Waals surface area contributed by atoms with Crippen LogP contribution in [-0.4, -0.2) is 29.8 Å². The summed E-state index contributed by atoms with van der Waals surface area (Å²) in [6.07, 6.45) is 1.11. The molecule has 1 heterocycles. The van der Waals surface area contributed by atoms with E-state index in [1.54, 1.807) is 0 Å². The average Bonchev–Trinajstić information content (AvgIpc) is 2.49. The Kier molecular flexibility index (Phi) is 6.12. The van der Waals surface area contributed by atoms with E-state index in [-0.39, 0.29) is 19.2 Å². The van der Waals surface area contributed by atoms with Crippen molar-refractivity contribution < 1.29 is 11.0 Å². The molecule has 1 fully saturated rings. The normalized spacial score (nSPS) is 20.9. The SMILES string of the molecule is CC.CCC1CC(=O)N(CCN)C1=O.[HH]. The minimum atomic E-state index is -0.0935. The Labute approximate surface area is 86.9 Å². The fourth-order valence-electron chi connectivity index (χ4n) is 1.43. The van der Waals surface area contributed by atoms with Gasteiger partial charge in [0.05, 0.1) is 0 Å². The summed E-state index contributed by atoms with van der Waals surface area (Å²) in [7, 11) is 0. The molecule has 1 atom stereocenters. The lowest BCUT2D eigenvalue weighted by molar-refractivity contribution is -0.139. The standard InChI is InChI=1S/C8H14N2O2.C2H6.H2/c1-2-6-5-7(11)10(4-3-9)8(6)12;1-2;/h6H,2-5,9H2,1H3;1-2H3;1H. The molecule has 0 aromatic rings. The summed E-state index contributed by atoms with van der Waals surface area (Å²) in [6.45, 7) is 6.64. The summed E-state index contributed by atoms with van der Waals surface area (Å²) in [5.41, 5.74) is 5.27. The van der Waals surface area contributed by atoms with Gasteiger partial charge in [0.2, 0.25) is 11.8 Å². The van der Waals surface area contributed by atoms with Crippen LogP contribution in [-0.2, 0) is 9.59 Å². The number of amides is 2. The first kappa shape index (κ1) is 13.1. The van der Waals surface area contributed by atoms with Crippen molar-refractivity contribution in [2.45, 2.75) is 33.6 Å². The summed E-state index contributed by atoms with van der Waals surface area (Å²) in [5.74, 6) is -0.214. The molecule has 1 rings (SSSR count). The molecule has 1 aliphatic rings. The molecule has 1 unspecified atom stereocenters. The van der Waals surface area contributed by atoms with Gasteiger partial charge < -0.3 is 5.73 Å². The Balaban J connectivity index is 0. The second-order valence-electron chi connectivity index (χ2n) is 2.98. The minimum Gasteiger partial charge on any atom is -0.329 e. The number of carbonyl (C=O) groups is 2. The van der Waals surface area contributed by atoms with E-state index in [1.807, 2.05) is 20.8 Å². The molecule has 4 heteroatoms. The van der Waals surface area contributed by atoms with Gasteiger partial charge >= 0.3 is 0 Å². The molecular weight excluding hydrogens is 180 g/mol. The molecule has 0 radical (unpaired) electrons. The highest BCUT2D eigenvalue weighted by Crippen LogP contribution is 2.21. The van der Waals surface area contributed by atoms with E-state index in [0.29, 0.717) is 19.5 Å². The number of nitrogens with zero attached hydrogens (tertiary/aromatic N) is 1. The van der Waals surface area contributed by atoms with Crippen LogP contribution in [0.3, 0.4) is 0 Å². The minimum absolute atomic E-state index is 0. The zero-order chi connectivity index (χ0) is 11.1. The summed E-state index contributed by atoms with van der Waals surface area (Å²) >= 11 is 0. The number of hydrogen-bond acceptors (Lipinski definition) is 3. The Bertz CT molecular complexity index is 210. The van der Waals surface area contributed by atoms with E-state index >= 15 is 0 Å². The highest BCUT2D eigenvalue weighted by molar-refractivity contribution is 6.03. The van der Waals surface area contributed by atoms with Gasteiger partial charge in [0, 0.05) is 26.9 Å². The molecule has 2 N–H and O–H groups in total. The van der Waals surface area contributed by atoms with Crippen LogP contribution < -0.4 is 5.73 Å². The second-order valence-corrected chi connectivity index (χ2v) is 2.98. The first-order valence-corrected chi connectivity index (χ1v) is 5.25. The van der Waals surface area contributed by atoms with E-state index in [1.165, 1.54) is 4.90 Å². The van der Waals surface area contributed by atoms with Gasteiger partial charge in [-0.15, -0.1) is 0 Å². The fourth-order valence-corrected chi connectivity index (χ4v) is 1.43.